The smallest absolute Gasteiger partial charge is 0.248 e. The van der Waals surface area contributed by atoms with Crippen LogP contribution in [0, 0.1) is 5.92 Å². The molecule has 0 atom stereocenters. The van der Waals surface area contributed by atoms with Gasteiger partial charge in [0, 0.05) is 38.0 Å². The molecule has 0 radical (unpaired) electrons. The maximum Gasteiger partial charge on any atom is 0.248 e. The molecule has 25 heavy (non-hydrogen) atoms. The van der Waals surface area contributed by atoms with Crippen molar-refractivity contribution in [1.29, 1.82) is 0 Å². The molecule has 1 aromatic carbocycles. The van der Waals surface area contributed by atoms with E-state index in [1.807, 2.05) is 14.0 Å². The molecule has 0 aliphatic heterocycles. The summed E-state index contributed by atoms with van der Waals surface area (Å²) in [4.78, 5) is 4.72. The molecule has 5 heteroatoms. The van der Waals surface area contributed by atoms with Crippen LogP contribution in [0.4, 0.5) is 14.5 Å². The normalized spacial score (nSPS) is 17.9. The van der Waals surface area contributed by atoms with Gasteiger partial charge in [-0.2, -0.15) is 0 Å². The predicted molar refractivity (Wildman–Crippen MR) is 102 cm³/mol. The molecule has 1 saturated carbocycles. The topological polar surface area (TPSA) is 29.9 Å². The lowest BCUT2D eigenvalue weighted by Gasteiger charge is -2.25. The van der Waals surface area contributed by atoms with Gasteiger partial charge in [0.25, 0.3) is 0 Å². The summed E-state index contributed by atoms with van der Waals surface area (Å²) in [6.45, 7) is 8.60. The van der Waals surface area contributed by atoms with E-state index in [0.717, 1.165) is 17.0 Å². The monoisotopic (exact) mass is 351 g/mol. The van der Waals surface area contributed by atoms with Crippen LogP contribution < -0.4 is 5.32 Å². The summed E-state index contributed by atoms with van der Waals surface area (Å²) in [6.07, 6.45) is 1.61. The maximum absolute atomic E-state index is 12.4. The maximum atomic E-state index is 12.4. The molecule has 2 aromatic rings. The lowest BCUT2D eigenvalue weighted by molar-refractivity contribution is -0.0438. The lowest BCUT2D eigenvalue weighted by atomic mass is 9.88. The predicted octanol–water partition coefficient (Wildman–Crippen LogP) is 5.74. The van der Waals surface area contributed by atoms with Crippen molar-refractivity contribution in [3.63, 3.8) is 0 Å². The number of hydrogen-bond acceptors (Lipinski definition) is 2. The molecular formula is C20H31F2N3. The number of halogens is 2. The minimum atomic E-state index is -2.34. The number of hydrogen-bond donors (Lipinski definition) is 1. The number of aryl methyl sites for hydroxylation is 1. The summed E-state index contributed by atoms with van der Waals surface area (Å²) < 4.78 is 26.9. The molecule has 1 aliphatic rings. The molecule has 1 aliphatic carbocycles. The molecule has 140 valence electrons. The van der Waals surface area contributed by atoms with Gasteiger partial charge in [0.1, 0.15) is 5.82 Å². The van der Waals surface area contributed by atoms with Gasteiger partial charge in [-0.25, -0.2) is 13.8 Å². The average molecular weight is 351 g/mol. The van der Waals surface area contributed by atoms with Crippen molar-refractivity contribution in [3.05, 3.63) is 24.0 Å². The van der Waals surface area contributed by atoms with Crippen molar-refractivity contribution >= 4 is 16.7 Å². The van der Waals surface area contributed by atoms with Crippen LogP contribution in [0.25, 0.3) is 11.0 Å². The summed E-state index contributed by atoms with van der Waals surface area (Å²) in [6, 6.07) is 6.28. The van der Waals surface area contributed by atoms with Crippen molar-refractivity contribution in [2.24, 2.45) is 13.0 Å². The second-order valence-corrected chi connectivity index (χ2v) is 8.24. The minimum Gasteiger partial charge on any atom is -0.388 e. The Balaban J connectivity index is 0.000000212. The van der Waals surface area contributed by atoms with Crippen LogP contribution in [0.5, 0.6) is 0 Å². The molecule has 0 spiro atoms. The average Bonchev–Trinajstić information content (AvgIpc) is 2.87. The first-order valence-electron chi connectivity index (χ1n) is 9.06. The summed E-state index contributed by atoms with van der Waals surface area (Å²) in [5.41, 5.74) is 3.42. The Bertz CT molecular complexity index is 704. The Morgan fingerprint density at radius 3 is 2.28 bits per heavy atom. The summed E-state index contributed by atoms with van der Waals surface area (Å²) >= 11 is 0. The van der Waals surface area contributed by atoms with E-state index in [1.165, 1.54) is 5.52 Å². The van der Waals surface area contributed by atoms with Gasteiger partial charge in [0.05, 0.1) is 11.0 Å². The van der Waals surface area contributed by atoms with Gasteiger partial charge in [0.15, 0.2) is 0 Å². The largest absolute Gasteiger partial charge is 0.388 e. The SMILES string of the molecule is CC1CCC(F)(F)CC1.CNc1ccc2c(c1)nc(C(C)(C)C)n2C. The Hall–Kier alpha value is -1.65. The molecule has 0 saturated heterocycles. The quantitative estimate of drug-likeness (QED) is 0.709. The van der Waals surface area contributed by atoms with Crippen LogP contribution in [0.15, 0.2) is 18.2 Å². The van der Waals surface area contributed by atoms with Gasteiger partial charge in [-0.3, -0.25) is 0 Å². The van der Waals surface area contributed by atoms with E-state index in [2.05, 4.69) is 55.9 Å². The van der Waals surface area contributed by atoms with E-state index in [4.69, 9.17) is 4.98 Å². The number of aromatic nitrogens is 2. The van der Waals surface area contributed by atoms with Gasteiger partial charge >= 0.3 is 0 Å². The van der Waals surface area contributed by atoms with E-state index in [9.17, 15) is 8.78 Å². The summed E-state index contributed by atoms with van der Waals surface area (Å²) in [7, 11) is 4.00. The third kappa shape index (κ3) is 4.93. The van der Waals surface area contributed by atoms with Gasteiger partial charge < -0.3 is 9.88 Å². The van der Waals surface area contributed by atoms with Crippen molar-refractivity contribution < 1.29 is 8.78 Å². The van der Waals surface area contributed by atoms with Crippen LogP contribution in [-0.2, 0) is 12.5 Å². The number of benzene rings is 1. The third-order valence-electron chi connectivity index (χ3n) is 4.85. The lowest BCUT2D eigenvalue weighted by Crippen LogP contribution is -2.23. The van der Waals surface area contributed by atoms with Gasteiger partial charge in [-0.1, -0.05) is 27.7 Å². The Kier molecular flexibility index (Phi) is 5.75. The third-order valence-corrected chi connectivity index (χ3v) is 4.85. The fourth-order valence-corrected chi connectivity index (χ4v) is 3.21. The molecule has 1 aromatic heterocycles. The van der Waals surface area contributed by atoms with Crippen molar-refractivity contribution in [1.82, 2.24) is 9.55 Å². The molecule has 0 unspecified atom stereocenters. The van der Waals surface area contributed by atoms with Crippen LogP contribution >= 0.6 is 0 Å². The highest BCUT2D eigenvalue weighted by atomic mass is 19.3. The summed E-state index contributed by atoms with van der Waals surface area (Å²) in [5.74, 6) is -0.702. The fraction of sp³-hybridized carbons (Fsp3) is 0.650. The van der Waals surface area contributed by atoms with Gasteiger partial charge in [-0.05, 0) is 37.0 Å². The minimum absolute atomic E-state index is 0.0770. The fourth-order valence-electron chi connectivity index (χ4n) is 3.21. The Labute approximate surface area is 149 Å². The molecular weight excluding hydrogens is 320 g/mol. The molecule has 1 N–H and O–H groups in total. The van der Waals surface area contributed by atoms with E-state index in [-0.39, 0.29) is 18.3 Å². The van der Waals surface area contributed by atoms with Crippen LogP contribution in [0.2, 0.25) is 0 Å². The molecule has 1 fully saturated rings. The van der Waals surface area contributed by atoms with Crippen LogP contribution in [0.3, 0.4) is 0 Å². The second-order valence-electron chi connectivity index (χ2n) is 8.24. The van der Waals surface area contributed by atoms with Crippen LogP contribution in [-0.4, -0.2) is 22.5 Å². The number of fused-ring (bicyclic) bond motifs is 1. The van der Waals surface area contributed by atoms with Gasteiger partial charge in [0.2, 0.25) is 5.92 Å². The number of rotatable bonds is 1. The Morgan fingerprint density at radius 1 is 1.20 bits per heavy atom. The molecule has 0 bridgehead atoms. The van der Waals surface area contributed by atoms with Gasteiger partial charge in [-0.15, -0.1) is 0 Å². The molecule has 3 nitrogen and oxygen atoms in total. The standard InChI is InChI=1S/C13H19N3.C7H12F2/c1-13(2,3)12-15-10-8-9(14-4)6-7-11(10)16(12)5;1-6-2-4-7(8,9)5-3-6/h6-8,14H,1-5H3;6H,2-5H2,1H3. The molecule has 1 heterocycles. The van der Waals surface area contributed by atoms with Crippen molar-refractivity contribution in [2.45, 2.75) is 64.7 Å². The highest BCUT2D eigenvalue weighted by Crippen LogP contribution is 2.35. The number of anilines is 1. The van der Waals surface area contributed by atoms with Crippen molar-refractivity contribution in [2.75, 3.05) is 12.4 Å². The number of nitrogens with zero attached hydrogens (tertiary/aromatic N) is 2. The first kappa shape index (κ1) is 19.7. The zero-order valence-corrected chi connectivity index (χ0v) is 16.3. The zero-order valence-electron chi connectivity index (χ0n) is 16.3. The van der Waals surface area contributed by atoms with Crippen LogP contribution in [0.1, 0.15) is 59.2 Å². The highest BCUT2D eigenvalue weighted by molar-refractivity contribution is 5.80. The van der Waals surface area contributed by atoms with Crippen molar-refractivity contribution in [3.8, 4) is 0 Å². The first-order chi connectivity index (χ1) is 11.5. The van der Waals surface area contributed by atoms with E-state index >= 15 is 0 Å². The van der Waals surface area contributed by atoms with E-state index in [1.54, 1.807) is 0 Å². The Morgan fingerprint density at radius 2 is 1.80 bits per heavy atom. The number of imidazole rings is 1. The van der Waals surface area contributed by atoms with E-state index in [0.29, 0.717) is 18.8 Å². The van der Waals surface area contributed by atoms with E-state index < -0.39 is 5.92 Å². The summed E-state index contributed by atoms with van der Waals surface area (Å²) in [5, 5.41) is 3.14. The first-order valence-corrected chi connectivity index (χ1v) is 9.06. The zero-order chi connectivity index (χ0) is 18.8. The molecule has 0 amide bonds. The highest BCUT2D eigenvalue weighted by Gasteiger charge is 2.33. The number of alkyl halides is 2. The second kappa shape index (κ2) is 7.30. The number of nitrogens with one attached hydrogen (secondary N) is 1. The molecule has 3 rings (SSSR count).